The first-order chi connectivity index (χ1) is 16.7. The topological polar surface area (TPSA) is 74.3 Å². The van der Waals surface area contributed by atoms with E-state index in [4.69, 9.17) is 34.7 Å². The van der Waals surface area contributed by atoms with E-state index in [0.29, 0.717) is 0 Å². The third-order valence-electron chi connectivity index (χ3n) is 4.19. The van der Waals surface area contributed by atoms with E-state index in [-0.39, 0.29) is 71.3 Å². The summed E-state index contributed by atoms with van der Waals surface area (Å²) in [5, 5.41) is 0. The van der Waals surface area contributed by atoms with Crippen molar-refractivity contribution in [1.29, 1.82) is 0 Å². The fraction of sp³-hybridized carbons (Fsp3) is 0.333. The first-order valence-corrected chi connectivity index (χ1v) is 10.8. The summed E-state index contributed by atoms with van der Waals surface area (Å²) in [6.45, 7) is 0.737. The van der Waals surface area contributed by atoms with Crippen LogP contribution in [0.5, 0.6) is 11.5 Å². The van der Waals surface area contributed by atoms with Gasteiger partial charge in [-0.3, -0.25) is 0 Å². The molecular weight excluding hydrogens is 737 g/mol. The molecule has 0 saturated heterocycles. The third-order valence-corrected chi connectivity index (χ3v) is 4.79. The maximum atomic E-state index is 12.1. The number of alkyl halides is 6. The molecule has 2 aromatic rings. The van der Waals surface area contributed by atoms with Crippen molar-refractivity contribution >= 4 is 37.2 Å². The third kappa shape index (κ3) is 12.8. The fourth-order valence-electron chi connectivity index (χ4n) is 2.59. The zero-order chi connectivity index (χ0) is 26.9. The summed E-state index contributed by atoms with van der Waals surface area (Å²) in [6.07, 6.45) is -10.2. The van der Waals surface area contributed by atoms with E-state index >= 15 is 0 Å². The molecule has 2 aromatic carbocycles. The Hall–Kier alpha value is -2.04. The van der Waals surface area contributed by atoms with Gasteiger partial charge in [0, 0.05) is 35.5 Å². The number of esters is 2. The zero-order valence-electron chi connectivity index (χ0n) is 18.3. The summed E-state index contributed by atoms with van der Waals surface area (Å²) in [4.78, 5) is 24.4. The van der Waals surface area contributed by atoms with Crippen molar-refractivity contribution in [2.75, 3.05) is 26.3 Å². The van der Waals surface area contributed by atoms with Crippen LogP contribution in [0.1, 0.15) is 20.7 Å². The molecule has 2 rings (SSSR count). The maximum Gasteiger partial charge on any atom is 0.575 e. The average Bonchev–Trinajstić information content (AvgIpc) is 2.76. The number of hydrogen-bond acceptors (Lipinski definition) is 9. The van der Waals surface area contributed by atoms with Crippen molar-refractivity contribution in [2.24, 2.45) is 0 Å². The molecule has 7 nitrogen and oxygen atoms in total. The maximum absolute atomic E-state index is 12.1. The minimum Gasteiger partial charge on any atom is -0.800 e. The van der Waals surface area contributed by atoms with E-state index in [1.54, 1.807) is 4.90 Å². The van der Waals surface area contributed by atoms with E-state index in [0.717, 1.165) is 24.3 Å². The van der Waals surface area contributed by atoms with Gasteiger partial charge in [0.05, 0.1) is 11.1 Å². The van der Waals surface area contributed by atoms with Crippen LogP contribution in [0.4, 0.5) is 26.3 Å². The van der Waals surface area contributed by atoms with E-state index in [9.17, 15) is 35.9 Å². The molecule has 0 saturated carbocycles. The Morgan fingerprint density at radius 2 is 1.03 bits per heavy atom. The summed E-state index contributed by atoms with van der Waals surface area (Å²) in [7, 11) is 0. The molecule has 1 radical (unpaired) electrons. The van der Waals surface area contributed by atoms with Crippen LogP contribution in [0.15, 0.2) is 48.5 Å². The van der Waals surface area contributed by atoms with Gasteiger partial charge in [-0.25, -0.2) is 14.3 Å². The minimum absolute atomic E-state index is 0. The molecule has 0 amide bonds. The van der Waals surface area contributed by atoms with Crippen molar-refractivity contribution < 1.29 is 77.3 Å². The van der Waals surface area contributed by atoms with E-state index in [1.165, 1.54) is 24.3 Å². The van der Waals surface area contributed by atoms with Crippen LogP contribution in [0.2, 0.25) is 0 Å². The number of halogens is 6. The fourth-order valence-corrected chi connectivity index (χ4v) is 3.01. The Kier molecular flexibility index (Phi) is 13.2. The molecule has 0 aliphatic rings. The molecule has 16 heteroatoms. The zero-order valence-corrected chi connectivity index (χ0v) is 22.1. The number of benzene rings is 2. The normalized spacial score (nSPS) is 11.6. The molecule has 0 aliphatic heterocycles. The van der Waals surface area contributed by atoms with Crippen molar-refractivity contribution in [2.45, 2.75) is 17.4 Å². The van der Waals surface area contributed by atoms with Crippen LogP contribution in [0.3, 0.4) is 0 Å². The van der Waals surface area contributed by atoms with Gasteiger partial charge in [0.15, 0.2) is 0 Å². The predicted molar refractivity (Wildman–Crippen MR) is 117 cm³/mol. The van der Waals surface area contributed by atoms with Crippen molar-refractivity contribution in [3.8, 4) is 11.5 Å². The number of rotatable bonds is 11. The number of ether oxygens (including phenoxy) is 4. The minimum atomic E-state index is -5.08. The van der Waals surface area contributed by atoms with Crippen molar-refractivity contribution in [1.82, 2.24) is 4.90 Å². The second-order valence-electron chi connectivity index (χ2n) is 6.76. The van der Waals surface area contributed by atoms with Gasteiger partial charge in [0.1, 0.15) is 24.7 Å². The Balaban J connectivity index is 0.00000684. The van der Waals surface area contributed by atoms with E-state index < -0.39 is 29.4 Å². The summed E-state index contributed by atoms with van der Waals surface area (Å²) in [6, 6.07) is 9.66. The van der Waals surface area contributed by atoms with Gasteiger partial charge in [0.25, 0.3) is 0 Å². The van der Waals surface area contributed by atoms with Crippen LogP contribution in [0.25, 0.3) is 0 Å². The smallest absolute Gasteiger partial charge is 0.575 e. The molecule has 0 N–H and O–H groups in total. The van der Waals surface area contributed by atoms with Gasteiger partial charge < -0.3 is 49.1 Å². The van der Waals surface area contributed by atoms with Gasteiger partial charge in [-0.2, -0.15) is 0 Å². The second kappa shape index (κ2) is 14.8. The molecule has 0 heterocycles. The Labute approximate surface area is 233 Å². The van der Waals surface area contributed by atoms with Crippen molar-refractivity contribution in [3.05, 3.63) is 59.7 Å². The summed E-state index contributed by atoms with van der Waals surface area (Å²) in [5.74, 6) is -2.53. The molecule has 0 fully saturated rings. The van der Waals surface area contributed by atoms with Gasteiger partial charge in [0.2, 0.25) is 0 Å². The number of carbonyl (C=O) groups is 2. The first-order valence-electron chi connectivity index (χ1n) is 9.85. The molecule has 0 aromatic heterocycles. The molecular formula is C21H17AuF6NO6S2-2. The van der Waals surface area contributed by atoms with Crippen LogP contribution in [-0.4, -0.2) is 60.6 Å². The van der Waals surface area contributed by atoms with E-state index in [2.05, 4.69) is 9.47 Å². The van der Waals surface area contributed by atoms with Gasteiger partial charge >= 0.3 is 24.7 Å². The second-order valence-corrected chi connectivity index (χ2v) is 7.95. The summed E-state index contributed by atoms with van der Waals surface area (Å²) in [5.41, 5.74) is -0.611. The Morgan fingerprint density at radius 3 is 1.30 bits per heavy atom. The summed E-state index contributed by atoms with van der Waals surface area (Å²) < 4.78 is 89.5. The van der Waals surface area contributed by atoms with Gasteiger partial charge in [-0.1, -0.05) is 0 Å². The molecule has 0 unspecified atom stereocenters. The largest absolute Gasteiger partial charge is 0.800 e. The molecule has 0 bridgehead atoms. The molecule has 0 aliphatic carbocycles. The SMILES string of the molecule is O=C(OC(F)(F)F)c1ccc(OCCN(CCOc2ccc(C(=O)OC(F)(F)F)cc2)C([S-])[S-])cc1.[Au]. The molecule has 37 heavy (non-hydrogen) atoms. The molecule has 0 atom stereocenters. The van der Waals surface area contributed by atoms with Gasteiger partial charge in [-0.15, -0.1) is 26.3 Å². The molecule has 209 valence electrons. The predicted octanol–water partition coefficient (Wildman–Crippen LogP) is 4.17. The van der Waals surface area contributed by atoms with Crippen LogP contribution >= 0.6 is 0 Å². The molecule has 0 spiro atoms. The van der Waals surface area contributed by atoms with Crippen LogP contribution in [-0.2, 0) is 57.1 Å². The average molecular weight is 754 g/mol. The monoisotopic (exact) mass is 754 g/mol. The van der Waals surface area contributed by atoms with Crippen LogP contribution in [0, 0.1) is 0 Å². The van der Waals surface area contributed by atoms with Gasteiger partial charge in [-0.05, 0) is 48.5 Å². The number of hydrogen-bond donors (Lipinski definition) is 0. The van der Waals surface area contributed by atoms with E-state index in [1.807, 2.05) is 0 Å². The quantitative estimate of drug-likeness (QED) is 0.146. The first kappa shape index (κ1) is 33.0. The van der Waals surface area contributed by atoms with Crippen molar-refractivity contribution in [3.63, 3.8) is 0 Å². The number of nitrogens with zero attached hydrogens (tertiary/aromatic N) is 1. The summed E-state index contributed by atoms with van der Waals surface area (Å²) >= 11 is 10.2. The van der Waals surface area contributed by atoms with Crippen LogP contribution < -0.4 is 9.47 Å². The standard InChI is InChI=1S/C21H19F6NO6S2.Au/c22-20(23,24)33-17(29)13-1-5-15(6-2-13)31-11-9-28(19(35)36)10-12-32-16-7-3-14(4-8-16)18(30)34-21(25,26)27;/h1-8,19,35-36H,9-12H2;/p-2. The Bertz CT molecular complexity index is 929. The number of carbonyl (C=O) groups excluding carboxylic acids is 2. The Morgan fingerprint density at radius 1 is 0.703 bits per heavy atom.